The van der Waals surface area contributed by atoms with Crippen LogP contribution < -0.4 is 35.9 Å². The largest absolute Gasteiger partial charge is 2.00 e. The van der Waals surface area contributed by atoms with E-state index in [2.05, 4.69) is 5.32 Å². The molecule has 3 N–H and O–H groups in total. The third kappa shape index (κ3) is 7.08. The van der Waals surface area contributed by atoms with E-state index >= 15 is 0 Å². The summed E-state index contributed by atoms with van der Waals surface area (Å²) in [7, 11) is 0. The molecule has 1 rings (SSSR count). The molecule has 2 nitrogen and oxygen atoms in total. The summed E-state index contributed by atoms with van der Waals surface area (Å²) in [5.41, 5.74) is 5.47. The molecule has 0 aromatic rings. The normalized spacial score (nSPS) is 23.0. The second kappa shape index (κ2) is 9.19. The van der Waals surface area contributed by atoms with Crippen molar-refractivity contribution in [3.63, 3.8) is 0 Å². The van der Waals surface area contributed by atoms with Gasteiger partial charge < -0.3 is 35.9 Å². The second-order valence-corrected chi connectivity index (χ2v) is 1.75. The average molecular weight is 352 g/mol. The summed E-state index contributed by atoms with van der Waals surface area (Å²) < 4.78 is 0. The van der Waals surface area contributed by atoms with Gasteiger partial charge in [-0.1, -0.05) is 0 Å². The topological polar surface area (TPSA) is 38.0 Å². The first-order valence-corrected chi connectivity index (χ1v) is 2.36. The number of nitrogens with two attached hydrogens (primary N) is 1. The molecule has 1 saturated heterocycles. The Hall–Kier alpha value is 1.19. The van der Waals surface area contributed by atoms with Gasteiger partial charge in [-0.05, 0) is 13.0 Å². The van der Waals surface area contributed by atoms with Crippen LogP contribution in [0.3, 0.4) is 0 Å². The predicted octanol–water partition coefficient (Wildman–Crippen LogP) is -6.69. The van der Waals surface area contributed by atoms with E-state index in [1.807, 2.05) is 0 Å². The first-order chi connectivity index (χ1) is 2.89. The molecule has 1 aliphatic heterocycles. The molecule has 0 amide bonds. The zero-order chi connectivity index (χ0) is 4.41. The first kappa shape index (κ1) is 16.6. The van der Waals surface area contributed by atoms with Crippen molar-refractivity contribution in [2.45, 2.75) is 12.5 Å². The predicted molar refractivity (Wildman–Crippen MR) is 25.5 cm³/mol. The van der Waals surface area contributed by atoms with Gasteiger partial charge in [0.05, 0.1) is 0 Å². The Bertz CT molecular complexity index is 49.8. The van der Waals surface area contributed by atoms with Crippen molar-refractivity contribution in [3.8, 4) is 0 Å². The van der Waals surface area contributed by atoms with E-state index in [-0.39, 0.29) is 45.9 Å². The van der Waals surface area contributed by atoms with Crippen LogP contribution in [0, 0.1) is 0 Å². The molecule has 1 heterocycles. The molecule has 0 aliphatic carbocycles. The molecular formula is C4H10Cl2N2Pt. The van der Waals surface area contributed by atoms with Crippen LogP contribution >= 0.6 is 0 Å². The number of hydrogen-bond donors (Lipinski definition) is 2. The maximum atomic E-state index is 5.47. The van der Waals surface area contributed by atoms with E-state index in [0.717, 1.165) is 19.5 Å². The number of hydrogen-bond acceptors (Lipinski definition) is 2. The fraction of sp³-hybridized carbons (Fsp3) is 1.00. The van der Waals surface area contributed by atoms with Crippen molar-refractivity contribution < 1.29 is 45.9 Å². The molecular weight excluding hydrogens is 342 g/mol. The average Bonchev–Trinajstić information content (AvgIpc) is 1.86. The SMILES string of the molecule is NC1CCNC1.[Cl-].[Cl-].[Pt+2]. The zero-order valence-electron chi connectivity index (χ0n) is 4.85. The van der Waals surface area contributed by atoms with Gasteiger partial charge >= 0.3 is 21.1 Å². The molecule has 5 heteroatoms. The molecule has 0 radical (unpaired) electrons. The minimum absolute atomic E-state index is 0. The molecule has 1 aliphatic rings. The first-order valence-electron chi connectivity index (χ1n) is 2.36. The fourth-order valence-electron chi connectivity index (χ4n) is 0.677. The summed E-state index contributed by atoms with van der Waals surface area (Å²) in [5.74, 6) is 0. The maximum absolute atomic E-state index is 5.47. The van der Waals surface area contributed by atoms with Gasteiger partial charge in [0.15, 0.2) is 0 Å². The summed E-state index contributed by atoms with van der Waals surface area (Å²) in [6.45, 7) is 2.13. The van der Waals surface area contributed by atoms with E-state index in [4.69, 9.17) is 5.73 Å². The van der Waals surface area contributed by atoms with Crippen molar-refractivity contribution in [1.82, 2.24) is 5.32 Å². The molecule has 0 spiro atoms. The number of rotatable bonds is 0. The van der Waals surface area contributed by atoms with Gasteiger partial charge in [0.2, 0.25) is 0 Å². The van der Waals surface area contributed by atoms with Crippen LogP contribution in [0.15, 0.2) is 0 Å². The van der Waals surface area contributed by atoms with Crippen molar-refractivity contribution in [1.29, 1.82) is 0 Å². The minimum atomic E-state index is 0. The van der Waals surface area contributed by atoms with Crippen LogP contribution in [-0.4, -0.2) is 19.1 Å². The third-order valence-corrected chi connectivity index (χ3v) is 1.10. The Balaban J connectivity index is -0.000000120. The quantitative estimate of drug-likeness (QED) is 0.455. The number of halogens is 2. The molecule has 60 valence electrons. The Kier molecular flexibility index (Phi) is 17.0. The van der Waals surface area contributed by atoms with Gasteiger partial charge in [-0.2, -0.15) is 0 Å². The van der Waals surface area contributed by atoms with Crippen LogP contribution in [0.1, 0.15) is 6.42 Å². The van der Waals surface area contributed by atoms with E-state index in [9.17, 15) is 0 Å². The fourth-order valence-corrected chi connectivity index (χ4v) is 0.677. The zero-order valence-corrected chi connectivity index (χ0v) is 8.63. The van der Waals surface area contributed by atoms with Crippen LogP contribution in [0.4, 0.5) is 0 Å². The summed E-state index contributed by atoms with van der Waals surface area (Å²) in [6.07, 6.45) is 1.15. The number of nitrogens with one attached hydrogen (secondary N) is 1. The van der Waals surface area contributed by atoms with E-state index in [0.29, 0.717) is 6.04 Å². The smallest absolute Gasteiger partial charge is 1.00 e. The molecule has 0 bridgehead atoms. The Morgan fingerprint density at radius 3 is 2.00 bits per heavy atom. The minimum Gasteiger partial charge on any atom is -1.00 e. The standard InChI is InChI=1S/C4H10N2.2ClH.Pt/c5-4-1-2-6-3-4;;;/h4,6H,1-3,5H2;2*1H;/q;;;+2/p-2. The third-order valence-electron chi connectivity index (χ3n) is 1.10. The molecule has 1 unspecified atom stereocenters. The molecule has 1 atom stereocenters. The van der Waals surface area contributed by atoms with Gasteiger partial charge in [0.1, 0.15) is 0 Å². The Morgan fingerprint density at radius 1 is 1.33 bits per heavy atom. The van der Waals surface area contributed by atoms with Crippen molar-refractivity contribution in [3.05, 3.63) is 0 Å². The van der Waals surface area contributed by atoms with Crippen LogP contribution in [0.5, 0.6) is 0 Å². The Labute approximate surface area is 82.4 Å². The van der Waals surface area contributed by atoms with Crippen molar-refractivity contribution in [2.75, 3.05) is 13.1 Å². The molecule has 0 aromatic carbocycles. The maximum Gasteiger partial charge on any atom is 2.00 e. The van der Waals surface area contributed by atoms with Gasteiger partial charge in [-0.15, -0.1) is 0 Å². The van der Waals surface area contributed by atoms with E-state index in [1.165, 1.54) is 0 Å². The van der Waals surface area contributed by atoms with E-state index in [1.54, 1.807) is 0 Å². The van der Waals surface area contributed by atoms with Gasteiger partial charge in [-0.3, -0.25) is 0 Å². The Morgan fingerprint density at radius 2 is 1.89 bits per heavy atom. The molecule has 0 aromatic heterocycles. The molecule has 9 heavy (non-hydrogen) atoms. The van der Waals surface area contributed by atoms with Crippen molar-refractivity contribution >= 4 is 0 Å². The van der Waals surface area contributed by atoms with E-state index < -0.39 is 0 Å². The van der Waals surface area contributed by atoms with Crippen molar-refractivity contribution in [2.24, 2.45) is 5.73 Å². The molecule has 1 fully saturated rings. The van der Waals surface area contributed by atoms with Crippen LogP contribution in [0.25, 0.3) is 0 Å². The van der Waals surface area contributed by atoms with Crippen LogP contribution in [-0.2, 0) is 21.1 Å². The van der Waals surface area contributed by atoms with Gasteiger partial charge in [-0.25, -0.2) is 0 Å². The van der Waals surface area contributed by atoms with Crippen LogP contribution in [0.2, 0.25) is 0 Å². The summed E-state index contributed by atoms with van der Waals surface area (Å²) in [6, 6.07) is 0.435. The second-order valence-electron chi connectivity index (χ2n) is 1.75. The monoisotopic (exact) mass is 351 g/mol. The van der Waals surface area contributed by atoms with Gasteiger partial charge in [0.25, 0.3) is 0 Å². The summed E-state index contributed by atoms with van der Waals surface area (Å²) in [4.78, 5) is 0. The summed E-state index contributed by atoms with van der Waals surface area (Å²) >= 11 is 0. The van der Waals surface area contributed by atoms with Gasteiger partial charge in [0, 0.05) is 12.6 Å². The summed E-state index contributed by atoms with van der Waals surface area (Å²) in [5, 5.41) is 3.15. The molecule has 0 saturated carbocycles.